The number of ether oxygens (including phenoxy) is 1. The van der Waals surface area contributed by atoms with Crippen LogP contribution < -0.4 is 15.0 Å². The molecule has 5 nitrogen and oxygen atoms in total. The van der Waals surface area contributed by atoms with Gasteiger partial charge in [-0.2, -0.15) is 11.8 Å². The summed E-state index contributed by atoms with van der Waals surface area (Å²) in [4.78, 5) is 27.9. The van der Waals surface area contributed by atoms with Crippen molar-refractivity contribution in [2.45, 2.75) is 6.92 Å². The Balaban J connectivity index is 1.42. The van der Waals surface area contributed by atoms with Crippen molar-refractivity contribution < 1.29 is 14.3 Å². The lowest BCUT2D eigenvalue weighted by Gasteiger charge is -2.29. The molecule has 0 atom stereocenters. The second-order valence-corrected chi connectivity index (χ2v) is 9.43. The summed E-state index contributed by atoms with van der Waals surface area (Å²) in [6.07, 6.45) is 0. The van der Waals surface area contributed by atoms with E-state index >= 15 is 0 Å². The number of anilines is 2. The van der Waals surface area contributed by atoms with Gasteiger partial charge >= 0.3 is 0 Å². The number of nitrogens with zero attached hydrogens (tertiary/aromatic N) is 1. The van der Waals surface area contributed by atoms with Crippen LogP contribution in [0.25, 0.3) is 0 Å². The van der Waals surface area contributed by atoms with Gasteiger partial charge in [0.1, 0.15) is 5.75 Å². The van der Waals surface area contributed by atoms with Crippen LogP contribution in [0, 0.1) is 6.92 Å². The van der Waals surface area contributed by atoms with Crippen LogP contribution >= 0.6 is 23.4 Å². The maximum absolute atomic E-state index is 12.9. The average Bonchev–Trinajstić information content (AvgIpc) is 2.85. The highest BCUT2D eigenvalue weighted by Gasteiger charge is 2.17. The maximum Gasteiger partial charge on any atom is 0.262 e. The largest absolute Gasteiger partial charge is 0.483 e. The molecule has 1 amide bonds. The number of amides is 1. The molecule has 3 aromatic rings. The molecule has 0 radical (unpaired) electrons. The van der Waals surface area contributed by atoms with E-state index in [9.17, 15) is 9.59 Å². The van der Waals surface area contributed by atoms with E-state index in [2.05, 4.69) is 16.3 Å². The van der Waals surface area contributed by atoms with Crippen molar-refractivity contribution in [3.63, 3.8) is 0 Å². The van der Waals surface area contributed by atoms with Crippen LogP contribution in [-0.4, -0.2) is 42.9 Å². The second-order valence-electron chi connectivity index (χ2n) is 7.77. The molecule has 0 bridgehead atoms. The minimum absolute atomic E-state index is 0.212. The van der Waals surface area contributed by atoms with E-state index in [0.717, 1.165) is 35.8 Å². The van der Waals surface area contributed by atoms with Crippen LogP contribution in [-0.2, 0) is 4.79 Å². The number of thioether (sulfide) groups is 1. The molecule has 33 heavy (non-hydrogen) atoms. The molecular formula is C26H25ClN2O3S. The van der Waals surface area contributed by atoms with Crippen LogP contribution in [0.3, 0.4) is 0 Å². The van der Waals surface area contributed by atoms with E-state index in [1.54, 1.807) is 42.5 Å². The van der Waals surface area contributed by atoms with Gasteiger partial charge in [0.25, 0.3) is 5.91 Å². The van der Waals surface area contributed by atoms with Gasteiger partial charge in [0.15, 0.2) is 12.4 Å². The third-order valence-corrected chi connectivity index (χ3v) is 6.62. The molecule has 0 aromatic heterocycles. The van der Waals surface area contributed by atoms with Gasteiger partial charge in [-0.1, -0.05) is 41.9 Å². The van der Waals surface area contributed by atoms with E-state index in [4.69, 9.17) is 16.3 Å². The van der Waals surface area contributed by atoms with Crippen molar-refractivity contribution in [3.05, 3.63) is 88.4 Å². The minimum Gasteiger partial charge on any atom is -0.483 e. The highest BCUT2D eigenvalue weighted by molar-refractivity contribution is 7.99. The second kappa shape index (κ2) is 10.8. The highest BCUT2D eigenvalue weighted by atomic mass is 35.5. The minimum atomic E-state index is -0.298. The van der Waals surface area contributed by atoms with E-state index in [-0.39, 0.29) is 18.3 Å². The first-order valence-corrected chi connectivity index (χ1v) is 12.3. The number of hydrogen-bond donors (Lipinski definition) is 1. The van der Waals surface area contributed by atoms with Crippen molar-refractivity contribution in [1.82, 2.24) is 0 Å². The summed E-state index contributed by atoms with van der Waals surface area (Å²) >= 11 is 8.09. The van der Waals surface area contributed by atoms with Gasteiger partial charge in [0.2, 0.25) is 0 Å². The molecule has 0 aliphatic carbocycles. The molecule has 1 N–H and O–H groups in total. The molecule has 1 saturated heterocycles. The molecule has 3 aromatic carbocycles. The smallest absolute Gasteiger partial charge is 0.262 e. The Kier molecular flexibility index (Phi) is 7.57. The lowest BCUT2D eigenvalue weighted by molar-refractivity contribution is -0.118. The zero-order valence-electron chi connectivity index (χ0n) is 18.3. The molecule has 1 fully saturated rings. The first kappa shape index (κ1) is 23.2. The Hall–Kier alpha value is -2.96. The number of aryl methyl sites for hydroxylation is 1. The standard InChI is InChI=1S/C26H25ClN2O3S/c1-18-15-21(29-11-13-33-14-12-29)8-9-23(18)28-25(30)17-32-24-10-7-20(27)16-22(24)26(31)19-5-3-2-4-6-19/h2-10,15-16H,11-14,17H2,1H3,(H,28,30). The van der Waals surface area contributed by atoms with Crippen molar-refractivity contribution in [2.24, 2.45) is 0 Å². The predicted molar refractivity (Wildman–Crippen MR) is 136 cm³/mol. The molecule has 0 saturated carbocycles. The predicted octanol–water partition coefficient (Wildman–Crippen LogP) is 5.45. The molecular weight excluding hydrogens is 456 g/mol. The van der Waals surface area contributed by atoms with E-state index in [0.29, 0.717) is 21.9 Å². The van der Waals surface area contributed by atoms with Gasteiger partial charge in [-0.15, -0.1) is 0 Å². The van der Waals surface area contributed by atoms with Crippen molar-refractivity contribution in [2.75, 3.05) is 41.4 Å². The number of rotatable bonds is 7. The number of halogens is 1. The van der Waals surface area contributed by atoms with Gasteiger partial charge in [0.05, 0.1) is 5.56 Å². The van der Waals surface area contributed by atoms with Crippen molar-refractivity contribution >= 4 is 46.4 Å². The maximum atomic E-state index is 12.9. The van der Waals surface area contributed by atoms with E-state index in [1.807, 2.05) is 36.9 Å². The van der Waals surface area contributed by atoms with Crippen LogP contribution in [0.1, 0.15) is 21.5 Å². The molecule has 1 aliphatic heterocycles. The summed E-state index contributed by atoms with van der Waals surface area (Å²) in [5.41, 5.74) is 3.76. The fourth-order valence-corrected chi connectivity index (χ4v) is 4.76. The molecule has 1 aliphatic rings. The normalized spacial score (nSPS) is 13.5. The Bertz CT molecular complexity index is 1150. The molecule has 1 heterocycles. The number of nitrogens with one attached hydrogen (secondary N) is 1. The summed E-state index contributed by atoms with van der Waals surface area (Å²) in [5.74, 6) is 2.07. The number of benzene rings is 3. The molecule has 170 valence electrons. The van der Waals surface area contributed by atoms with E-state index < -0.39 is 0 Å². The highest BCUT2D eigenvalue weighted by Crippen LogP contribution is 2.27. The Morgan fingerprint density at radius 1 is 1.03 bits per heavy atom. The fourth-order valence-electron chi connectivity index (χ4n) is 3.69. The summed E-state index contributed by atoms with van der Waals surface area (Å²) in [7, 11) is 0. The van der Waals surface area contributed by atoms with Crippen LogP contribution in [0.15, 0.2) is 66.7 Å². The first-order valence-electron chi connectivity index (χ1n) is 10.8. The Morgan fingerprint density at radius 3 is 2.52 bits per heavy atom. The quantitative estimate of drug-likeness (QED) is 0.456. The van der Waals surface area contributed by atoms with Crippen LogP contribution in [0.2, 0.25) is 5.02 Å². The fraction of sp³-hybridized carbons (Fsp3) is 0.231. The molecule has 4 rings (SSSR count). The lowest BCUT2D eigenvalue weighted by atomic mass is 10.0. The topological polar surface area (TPSA) is 58.6 Å². The molecule has 7 heteroatoms. The summed E-state index contributed by atoms with van der Waals surface area (Å²) in [5, 5.41) is 3.33. The zero-order valence-corrected chi connectivity index (χ0v) is 19.9. The SMILES string of the molecule is Cc1cc(N2CCSCC2)ccc1NC(=O)COc1ccc(Cl)cc1C(=O)c1ccccc1. The number of carbonyl (C=O) groups excluding carboxylic acids is 2. The summed E-state index contributed by atoms with van der Waals surface area (Å²) in [6, 6.07) is 19.8. The zero-order chi connectivity index (χ0) is 23.2. The average molecular weight is 481 g/mol. The summed E-state index contributed by atoms with van der Waals surface area (Å²) in [6.45, 7) is 3.83. The van der Waals surface area contributed by atoms with Crippen molar-refractivity contribution in [3.8, 4) is 5.75 Å². The molecule has 0 spiro atoms. The van der Waals surface area contributed by atoms with Crippen LogP contribution in [0.4, 0.5) is 11.4 Å². The lowest BCUT2D eigenvalue weighted by Crippen LogP contribution is -2.32. The van der Waals surface area contributed by atoms with Gasteiger partial charge in [0, 0.05) is 46.6 Å². The van der Waals surface area contributed by atoms with Gasteiger partial charge in [-0.3, -0.25) is 9.59 Å². The monoisotopic (exact) mass is 480 g/mol. The third kappa shape index (κ3) is 5.89. The number of hydrogen-bond acceptors (Lipinski definition) is 5. The van der Waals surface area contributed by atoms with Gasteiger partial charge < -0.3 is 15.0 Å². The molecule has 0 unspecified atom stereocenters. The Labute approximate surface area is 203 Å². The number of ketones is 1. The van der Waals surface area contributed by atoms with Gasteiger partial charge in [-0.05, 0) is 48.9 Å². The third-order valence-electron chi connectivity index (χ3n) is 5.44. The summed E-state index contributed by atoms with van der Waals surface area (Å²) < 4.78 is 5.73. The van der Waals surface area contributed by atoms with Crippen LogP contribution in [0.5, 0.6) is 5.75 Å². The first-order chi connectivity index (χ1) is 16.0. The number of carbonyl (C=O) groups is 2. The van der Waals surface area contributed by atoms with Gasteiger partial charge in [-0.25, -0.2) is 0 Å². The van der Waals surface area contributed by atoms with Crippen molar-refractivity contribution in [1.29, 1.82) is 0 Å². The van der Waals surface area contributed by atoms with E-state index in [1.165, 1.54) is 5.69 Å². The Morgan fingerprint density at radius 2 is 1.79 bits per heavy atom.